The summed E-state index contributed by atoms with van der Waals surface area (Å²) in [5.74, 6) is -5.22. The minimum Gasteiger partial charge on any atom is -0.481 e. The standard InChI is InChI=1S/C36H40N2O7/c1-24(32(41)34(43)38-30(21-27-17-11-6-12-18-27)31(40)23-36(2,3)35(44)45)37-33(42)28(19-25-13-7-4-8-14-25)22-29(39)20-26-15-9-5-10-16-26/h4-18,24,28,30H,19-23H2,1-3H3,(H,37,42)(H,38,43)(H,44,45). The lowest BCUT2D eigenvalue weighted by molar-refractivity contribution is -0.149. The molecule has 3 N–H and O–H groups in total. The van der Waals surface area contributed by atoms with E-state index in [0.29, 0.717) is 5.56 Å². The first-order chi connectivity index (χ1) is 21.4. The predicted molar refractivity (Wildman–Crippen MR) is 169 cm³/mol. The molecule has 3 unspecified atom stereocenters. The zero-order chi connectivity index (χ0) is 33.0. The first kappa shape index (κ1) is 34.6. The van der Waals surface area contributed by atoms with Gasteiger partial charge < -0.3 is 15.7 Å². The number of amides is 2. The van der Waals surface area contributed by atoms with Crippen molar-refractivity contribution in [3.05, 3.63) is 108 Å². The summed E-state index contributed by atoms with van der Waals surface area (Å²) >= 11 is 0. The molecule has 2 amide bonds. The third kappa shape index (κ3) is 10.9. The van der Waals surface area contributed by atoms with E-state index in [-0.39, 0.29) is 37.9 Å². The fourth-order valence-electron chi connectivity index (χ4n) is 4.88. The molecule has 0 heterocycles. The topological polar surface area (TPSA) is 147 Å². The van der Waals surface area contributed by atoms with Gasteiger partial charge in [0.1, 0.15) is 5.78 Å². The lowest BCUT2D eigenvalue weighted by atomic mass is 9.84. The molecule has 9 nitrogen and oxygen atoms in total. The maximum absolute atomic E-state index is 13.4. The molecule has 236 valence electrons. The summed E-state index contributed by atoms with van der Waals surface area (Å²) in [5.41, 5.74) is 0.997. The highest BCUT2D eigenvalue weighted by Gasteiger charge is 2.35. The fourth-order valence-corrected chi connectivity index (χ4v) is 4.88. The number of nitrogens with one attached hydrogen (secondary N) is 2. The van der Waals surface area contributed by atoms with Crippen LogP contribution in [0.3, 0.4) is 0 Å². The molecule has 9 heteroatoms. The van der Waals surface area contributed by atoms with E-state index in [0.717, 1.165) is 11.1 Å². The number of carboxylic acids is 1. The minimum absolute atomic E-state index is 0.0534. The first-order valence-electron chi connectivity index (χ1n) is 14.9. The molecule has 0 bridgehead atoms. The van der Waals surface area contributed by atoms with E-state index in [9.17, 15) is 33.9 Å². The Bertz CT molecular complexity index is 1490. The summed E-state index contributed by atoms with van der Waals surface area (Å²) in [6.45, 7) is 4.19. The summed E-state index contributed by atoms with van der Waals surface area (Å²) in [6.07, 6.45) is 0.0471. The molecule has 0 saturated heterocycles. The van der Waals surface area contributed by atoms with Crippen molar-refractivity contribution in [3.8, 4) is 0 Å². The van der Waals surface area contributed by atoms with Crippen molar-refractivity contribution in [1.29, 1.82) is 0 Å². The molecule has 3 atom stereocenters. The summed E-state index contributed by atoms with van der Waals surface area (Å²) < 4.78 is 0. The summed E-state index contributed by atoms with van der Waals surface area (Å²) in [5, 5.41) is 14.6. The maximum atomic E-state index is 13.4. The number of carbonyl (C=O) groups excluding carboxylic acids is 5. The van der Waals surface area contributed by atoms with Crippen LogP contribution >= 0.6 is 0 Å². The van der Waals surface area contributed by atoms with E-state index in [2.05, 4.69) is 10.6 Å². The average molecular weight is 613 g/mol. The Morgan fingerprint density at radius 1 is 0.711 bits per heavy atom. The van der Waals surface area contributed by atoms with Gasteiger partial charge in [0.05, 0.1) is 17.5 Å². The first-order valence-corrected chi connectivity index (χ1v) is 14.9. The summed E-state index contributed by atoms with van der Waals surface area (Å²) in [4.78, 5) is 77.4. The molecule has 0 radical (unpaired) electrons. The average Bonchev–Trinajstić information content (AvgIpc) is 3.01. The van der Waals surface area contributed by atoms with Gasteiger partial charge in [0.25, 0.3) is 5.91 Å². The second-order valence-corrected chi connectivity index (χ2v) is 11.9. The minimum atomic E-state index is -1.38. The van der Waals surface area contributed by atoms with Gasteiger partial charge in [0, 0.05) is 25.2 Å². The Balaban J connectivity index is 1.71. The van der Waals surface area contributed by atoms with Crippen LogP contribution in [-0.2, 0) is 48.0 Å². The molecule has 0 aliphatic rings. The highest BCUT2D eigenvalue weighted by Crippen LogP contribution is 2.22. The van der Waals surface area contributed by atoms with E-state index in [1.165, 1.54) is 20.8 Å². The van der Waals surface area contributed by atoms with Crippen LogP contribution in [0.25, 0.3) is 0 Å². The Hall–Kier alpha value is -4.92. The van der Waals surface area contributed by atoms with Crippen molar-refractivity contribution >= 4 is 35.1 Å². The second kappa shape index (κ2) is 16.2. The van der Waals surface area contributed by atoms with E-state index in [1.807, 2.05) is 60.7 Å². The Morgan fingerprint density at radius 2 is 1.20 bits per heavy atom. The van der Waals surface area contributed by atoms with Crippen molar-refractivity contribution in [1.82, 2.24) is 10.6 Å². The van der Waals surface area contributed by atoms with Crippen LogP contribution in [0.1, 0.15) is 50.3 Å². The van der Waals surface area contributed by atoms with Gasteiger partial charge in [0.2, 0.25) is 11.7 Å². The van der Waals surface area contributed by atoms with Crippen molar-refractivity contribution in [2.45, 2.75) is 65.0 Å². The number of ketones is 3. The number of carboxylic acid groups (broad SMARTS) is 1. The van der Waals surface area contributed by atoms with Crippen LogP contribution in [0, 0.1) is 11.3 Å². The lowest BCUT2D eigenvalue weighted by Crippen LogP contribution is -2.52. The third-order valence-electron chi connectivity index (χ3n) is 7.56. The molecule has 0 aliphatic carbocycles. The van der Waals surface area contributed by atoms with Crippen LogP contribution in [0.4, 0.5) is 0 Å². The molecule has 0 spiro atoms. The van der Waals surface area contributed by atoms with Gasteiger partial charge in [0.15, 0.2) is 5.78 Å². The van der Waals surface area contributed by atoms with Gasteiger partial charge in [-0.1, -0.05) is 91.0 Å². The van der Waals surface area contributed by atoms with Gasteiger partial charge in [-0.2, -0.15) is 0 Å². The predicted octanol–water partition coefficient (Wildman–Crippen LogP) is 3.92. The molecular formula is C36H40N2O7. The van der Waals surface area contributed by atoms with Gasteiger partial charge in [-0.3, -0.25) is 28.8 Å². The van der Waals surface area contributed by atoms with Crippen LogP contribution in [0.2, 0.25) is 0 Å². The van der Waals surface area contributed by atoms with E-state index < -0.39 is 52.8 Å². The van der Waals surface area contributed by atoms with Crippen LogP contribution in [0.5, 0.6) is 0 Å². The van der Waals surface area contributed by atoms with Crippen molar-refractivity contribution < 1.29 is 33.9 Å². The highest BCUT2D eigenvalue weighted by atomic mass is 16.4. The van der Waals surface area contributed by atoms with Crippen molar-refractivity contribution in [2.75, 3.05) is 0 Å². The molecule has 0 aromatic heterocycles. The highest BCUT2D eigenvalue weighted by molar-refractivity contribution is 6.38. The smallest absolute Gasteiger partial charge is 0.309 e. The van der Waals surface area contributed by atoms with Crippen molar-refractivity contribution in [2.24, 2.45) is 11.3 Å². The number of rotatable bonds is 17. The summed E-state index contributed by atoms with van der Waals surface area (Å²) in [7, 11) is 0. The monoisotopic (exact) mass is 612 g/mol. The number of Topliss-reactive ketones (excluding diaryl/α,β-unsaturated/α-hetero) is 3. The number of hydrogen-bond donors (Lipinski definition) is 3. The van der Waals surface area contributed by atoms with Gasteiger partial charge in [-0.05, 0) is 50.3 Å². The van der Waals surface area contributed by atoms with E-state index in [4.69, 9.17) is 0 Å². The van der Waals surface area contributed by atoms with E-state index in [1.54, 1.807) is 30.3 Å². The number of hydrogen-bond acceptors (Lipinski definition) is 6. The maximum Gasteiger partial charge on any atom is 0.309 e. The molecule has 0 aliphatic heterocycles. The normalized spacial score (nSPS) is 13.1. The summed E-state index contributed by atoms with van der Waals surface area (Å²) in [6, 6.07) is 24.8. The second-order valence-electron chi connectivity index (χ2n) is 11.9. The molecule has 3 rings (SSSR count). The van der Waals surface area contributed by atoms with E-state index >= 15 is 0 Å². The molecule has 0 saturated carbocycles. The van der Waals surface area contributed by atoms with Gasteiger partial charge in [-0.15, -0.1) is 0 Å². The third-order valence-corrected chi connectivity index (χ3v) is 7.56. The molecule has 45 heavy (non-hydrogen) atoms. The Labute approximate surface area is 263 Å². The molecule has 3 aromatic rings. The number of benzene rings is 3. The van der Waals surface area contributed by atoms with Gasteiger partial charge in [-0.25, -0.2) is 0 Å². The van der Waals surface area contributed by atoms with Crippen LogP contribution in [0.15, 0.2) is 91.0 Å². The molecular weight excluding hydrogens is 572 g/mol. The van der Waals surface area contributed by atoms with Crippen LogP contribution in [-0.4, -0.2) is 52.3 Å². The SMILES string of the molecule is CC(NC(=O)C(CC(=O)Cc1ccccc1)Cc1ccccc1)C(=O)C(=O)NC(Cc1ccccc1)C(=O)CC(C)(C)C(=O)O. The molecule has 3 aromatic carbocycles. The largest absolute Gasteiger partial charge is 0.481 e. The van der Waals surface area contributed by atoms with Crippen LogP contribution < -0.4 is 10.6 Å². The van der Waals surface area contributed by atoms with Gasteiger partial charge >= 0.3 is 5.97 Å². The quantitative estimate of drug-likeness (QED) is 0.196. The lowest BCUT2D eigenvalue weighted by Gasteiger charge is -2.24. The fraction of sp³-hybridized carbons (Fsp3) is 0.333. The zero-order valence-corrected chi connectivity index (χ0v) is 25.8. The Kier molecular flexibility index (Phi) is 12.5. The van der Waals surface area contributed by atoms with Crippen molar-refractivity contribution in [3.63, 3.8) is 0 Å². The number of aliphatic carboxylic acids is 1. The Morgan fingerprint density at radius 3 is 1.71 bits per heavy atom. The molecule has 0 fully saturated rings. The zero-order valence-electron chi connectivity index (χ0n) is 25.8. The number of carbonyl (C=O) groups is 6.